The summed E-state index contributed by atoms with van der Waals surface area (Å²) in [5, 5.41) is 10.0. The van der Waals surface area contributed by atoms with E-state index in [0.29, 0.717) is 0 Å². The summed E-state index contributed by atoms with van der Waals surface area (Å²) in [4.78, 5) is 14.1. The number of hydroxylamine groups is 1. The van der Waals surface area contributed by atoms with Crippen molar-refractivity contribution in [1.29, 1.82) is 0 Å². The third kappa shape index (κ3) is 5.10. The number of aryl methyl sites for hydroxylation is 2. The number of nitrogens with one attached hydrogen (secondary N) is 1. The second-order valence-electron chi connectivity index (χ2n) is 7.00. The van der Waals surface area contributed by atoms with Crippen molar-refractivity contribution in [2.24, 2.45) is 0 Å². The molecule has 0 radical (unpaired) electrons. The van der Waals surface area contributed by atoms with Crippen molar-refractivity contribution in [2.75, 3.05) is 0 Å². The fraction of sp³-hybridized carbons (Fsp3) is 0.136. The average Bonchev–Trinajstić information content (AvgIpc) is 2.67. The molecule has 0 bridgehead atoms. The van der Waals surface area contributed by atoms with Crippen LogP contribution < -0.4 is 4.83 Å². The summed E-state index contributed by atoms with van der Waals surface area (Å²) >= 11 is 0. The van der Waals surface area contributed by atoms with E-state index in [9.17, 15) is 22.8 Å². The van der Waals surface area contributed by atoms with Crippen LogP contribution >= 0.6 is 0 Å². The van der Waals surface area contributed by atoms with E-state index in [4.69, 9.17) is 0 Å². The Hall–Kier alpha value is -3.07. The van der Waals surface area contributed by atoms with E-state index in [2.05, 4.69) is 0 Å². The quantitative estimate of drug-likeness (QED) is 0.462. The smallest absolute Gasteiger partial charge is 0.269 e. The molecule has 0 spiro atoms. The molecule has 30 heavy (non-hydrogen) atoms. The molecule has 0 aromatic heterocycles. The summed E-state index contributed by atoms with van der Waals surface area (Å²) in [5.41, 5.74) is 2.69. The zero-order valence-corrected chi connectivity index (χ0v) is 17.3. The van der Waals surface area contributed by atoms with Crippen LogP contribution in [0.4, 0.5) is 4.39 Å². The van der Waals surface area contributed by atoms with E-state index < -0.39 is 21.7 Å². The summed E-state index contributed by atoms with van der Waals surface area (Å²) in [6, 6.07) is 17.1. The molecule has 3 rings (SSSR count). The van der Waals surface area contributed by atoms with Crippen LogP contribution in [0, 0.1) is 19.7 Å². The van der Waals surface area contributed by atoms with Crippen molar-refractivity contribution in [3.05, 3.63) is 100 Å². The highest BCUT2D eigenvalue weighted by Crippen LogP contribution is 2.21. The number of benzene rings is 3. The van der Waals surface area contributed by atoms with E-state index >= 15 is 0 Å². The molecular formula is C22H21FN2O4S. The molecule has 0 saturated heterocycles. The highest BCUT2D eigenvalue weighted by Gasteiger charge is 2.25. The number of hydrogen-bond donors (Lipinski definition) is 2. The molecule has 6 nitrogen and oxygen atoms in total. The largest absolute Gasteiger partial charge is 0.293 e. The lowest BCUT2D eigenvalue weighted by Crippen LogP contribution is -2.44. The molecule has 1 amide bonds. The Balaban J connectivity index is 1.89. The van der Waals surface area contributed by atoms with Gasteiger partial charge in [0.1, 0.15) is 5.82 Å². The van der Waals surface area contributed by atoms with Crippen molar-refractivity contribution < 1.29 is 22.8 Å². The maximum atomic E-state index is 13.8. The third-order valence-corrected chi connectivity index (χ3v) is 5.81. The van der Waals surface area contributed by atoms with Gasteiger partial charge in [-0.05, 0) is 61.7 Å². The van der Waals surface area contributed by atoms with Gasteiger partial charge in [-0.15, -0.1) is 5.17 Å². The van der Waals surface area contributed by atoms with Crippen molar-refractivity contribution in [1.82, 2.24) is 10.0 Å². The van der Waals surface area contributed by atoms with Gasteiger partial charge in [-0.1, -0.05) is 52.4 Å². The molecule has 0 heterocycles. The molecule has 0 fully saturated rings. The Bertz CT molecular complexity index is 1160. The molecule has 0 atom stereocenters. The molecule has 0 unspecified atom stereocenters. The minimum absolute atomic E-state index is 0.0702. The van der Waals surface area contributed by atoms with E-state index in [1.165, 1.54) is 12.1 Å². The zero-order chi connectivity index (χ0) is 21.9. The molecule has 0 aliphatic carbocycles. The fourth-order valence-electron chi connectivity index (χ4n) is 3.19. The third-order valence-electron chi connectivity index (χ3n) is 4.42. The van der Waals surface area contributed by atoms with Gasteiger partial charge in [0.25, 0.3) is 15.9 Å². The molecule has 2 N–H and O–H groups in total. The first-order valence-electron chi connectivity index (χ1n) is 9.12. The van der Waals surface area contributed by atoms with Crippen LogP contribution in [0.2, 0.25) is 0 Å². The normalized spacial score (nSPS) is 11.3. The number of sulfonamides is 1. The molecule has 156 valence electrons. The SMILES string of the molecule is Cc1cc(C)cc(C(=O)N(O)NS(=O)(=O)c2ccc(F)cc2Cc2ccccc2)c1. The molecule has 0 saturated carbocycles. The first-order valence-corrected chi connectivity index (χ1v) is 10.6. The zero-order valence-electron chi connectivity index (χ0n) is 16.5. The second kappa shape index (κ2) is 8.74. The Labute approximate surface area is 174 Å². The Morgan fingerprint density at radius 1 is 1.00 bits per heavy atom. The number of hydrazine groups is 1. The molecule has 3 aromatic rings. The number of rotatable bonds is 6. The average molecular weight is 428 g/mol. The van der Waals surface area contributed by atoms with Crippen molar-refractivity contribution in [2.45, 2.75) is 25.2 Å². The monoisotopic (exact) mass is 428 g/mol. The van der Waals surface area contributed by atoms with E-state index in [1.807, 2.05) is 17.0 Å². The number of nitrogens with zero attached hydrogens (tertiary/aromatic N) is 1. The van der Waals surface area contributed by atoms with Crippen LogP contribution in [-0.2, 0) is 16.4 Å². The maximum Gasteiger partial charge on any atom is 0.293 e. The Morgan fingerprint density at radius 2 is 1.63 bits per heavy atom. The molecule has 3 aromatic carbocycles. The number of hydrogen-bond acceptors (Lipinski definition) is 4. The minimum Gasteiger partial charge on any atom is -0.269 e. The van der Waals surface area contributed by atoms with Crippen LogP contribution in [-0.4, -0.2) is 24.7 Å². The lowest BCUT2D eigenvalue weighted by Gasteiger charge is -2.18. The lowest BCUT2D eigenvalue weighted by atomic mass is 10.1. The van der Waals surface area contributed by atoms with Crippen LogP contribution in [0.25, 0.3) is 0 Å². The Kier molecular flexibility index (Phi) is 6.31. The van der Waals surface area contributed by atoms with E-state index in [-0.39, 0.29) is 27.6 Å². The molecule has 8 heteroatoms. The topological polar surface area (TPSA) is 86.7 Å². The van der Waals surface area contributed by atoms with Gasteiger partial charge in [-0.25, -0.2) is 12.8 Å². The van der Waals surface area contributed by atoms with Gasteiger partial charge in [-0.3, -0.25) is 10.0 Å². The summed E-state index contributed by atoms with van der Waals surface area (Å²) in [7, 11) is -4.36. The predicted octanol–water partition coefficient (Wildman–Crippen LogP) is 3.76. The predicted molar refractivity (Wildman–Crippen MR) is 110 cm³/mol. The van der Waals surface area contributed by atoms with E-state index in [0.717, 1.165) is 34.9 Å². The van der Waals surface area contributed by atoms with Crippen LogP contribution in [0.3, 0.4) is 0 Å². The first kappa shape index (κ1) is 21.6. The maximum absolute atomic E-state index is 13.8. The van der Waals surface area contributed by atoms with Gasteiger partial charge in [0.15, 0.2) is 0 Å². The number of halogens is 1. The van der Waals surface area contributed by atoms with Gasteiger partial charge >= 0.3 is 0 Å². The first-order chi connectivity index (χ1) is 14.2. The van der Waals surface area contributed by atoms with Gasteiger partial charge < -0.3 is 0 Å². The molecule has 0 aliphatic rings. The van der Waals surface area contributed by atoms with Crippen LogP contribution in [0.15, 0.2) is 71.6 Å². The number of carbonyl (C=O) groups is 1. The summed E-state index contributed by atoms with van der Waals surface area (Å²) in [6.07, 6.45) is 0.158. The summed E-state index contributed by atoms with van der Waals surface area (Å²) < 4.78 is 39.5. The van der Waals surface area contributed by atoms with Crippen molar-refractivity contribution in [3.8, 4) is 0 Å². The van der Waals surface area contributed by atoms with Crippen LogP contribution in [0.1, 0.15) is 32.6 Å². The fourth-order valence-corrected chi connectivity index (χ4v) is 4.32. The minimum atomic E-state index is -4.36. The highest BCUT2D eigenvalue weighted by molar-refractivity contribution is 7.89. The summed E-state index contributed by atoms with van der Waals surface area (Å²) in [6.45, 7) is 3.56. The standard InChI is InChI=1S/C22H21FN2O4S/c1-15-10-16(2)12-19(11-15)22(26)25(27)24-30(28,29)21-9-8-20(23)14-18(21)13-17-6-4-3-5-7-17/h3-12,14,24,27H,13H2,1-2H3. The van der Waals surface area contributed by atoms with E-state index in [1.54, 1.807) is 38.1 Å². The van der Waals surface area contributed by atoms with Gasteiger partial charge in [0.05, 0.1) is 4.90 Å². The number of carbonyl (C=O) groups excluding carboxylic acids is 1. The van der Waals surface area contributed by atoms with Crippen molar-refractivity contribution >= 4 is 15.9 Å². The highest BCUT2D eigenvalue weighted by atomic mass is 32.2. The molecule has 0 aliphatic heterocycles. The van der Waals surface area contributed by atoms with Crippen LogP contribution in [0.5, 0.6) is 0 Å². The second-order valence-corrected chi connectivity index (χ2v) is 8.63. The molecular weight excluding hydrogens is 407 g/mol. The van der Waals surface area contributed by atoms with Gasteiger partial charge in [-0.2, -0.15) is 0 Å². The van der Waals surface area contributed by atoms with Gasteiger partial charge in [0.2, 0.25) is 0 Å². The van der Waals surface area contributed by atoms with Gasteiger partial charge in [0, 0.05) is 5.56 Å². The van der Waals surface area contributed by atoms with Crippen molar-refractivity contribution in [3.63, 3.8) is 0 Å². The lowest BCUT2D eigenvalue weighted by molar-refractivity contribution is -0.0761. The summed E-state index contributed by atoms with van der Waals surface area (Å²) in [5.74, 6) is -1.52. The number of amides is 1. The Morgan fingerprint density at radius 3 is 2.27 bits per heavy atom.